The van der Waals surface area contributed by atoms with E-state index in [1.54, 1.807) is 0 Å². The molecule has 1 atom stereocenters. The van der Waals surface area contributed by atoms with Gasteiger partial charge in [0.15, 0.2) is 0 Å². The maximum Gasteiger partial charge on any atom is 0.353 e. The predicted molar refractivity (Wildman–Crippen MR) is 115 cm³/mol. The van der Waals surface area contributed by atoms with Crippen LogP contribution in [0.25, 0.3) is 0 Å². The average Bonchev–Trinajstić information content (AvgIpc) is 2.74. The van der Waals surface area contributed by atoms with E-state index >= 15 is 0 Å². The Balaban J connectivity index is 2.03. The van der Waals surface area contributed by atoms with Gasteiger partial charge >= 0.3 is 5.69 Å². The van der Waals surface area contributed by atoms with Crippen LogP contribution in [0.4, 0.5) is 17.3 Å². The summed E-state index contributed by atoms with van der Waals surface area (Å²) in [5.41, 5.74) is 2.00. The van der Waals surface area contributed by atoms with Crippen molar-refractivity contribution in [2.75, 3.05) is 10.2 Å². The number of nitro groups is 1. The smallest absolute Gasteiger partial charge is 0.353 e. The lowest BCUT2D eigenvalue weighted by Gasteiger charge is -2.24. The summed E-state index contributed by atoms with van der Waals surface area (Å²) in [5.74, 6) is 0.559. The van der Waals surface area contributed by atoms with Gasteiger partial charge in [-0.1, -0.05) is 67.6 Å². The van der Waals surface area contributed by atoms with Gasteiger partial charge in [0.1, 0.15) is 6.33 Å². The normalized spacial score (nSPS) is 11.7. The number of rotatable bonds is 9. The summed E-state index contributed by atoms with van der Waals surface area (Å²) in [7, 11) is 0. The second-order valence-corrected chi connectivity index (χ2v) is 6.93. The topological polar surface area (TPSA) is 84.2 Å². The number of nitrogens with zero attached hydrogens (tertiary/aromatic N) is 4. The second kappa shape index (κ2) is 9.64. The molecule has 7 nitrogen and oxygen atoms in total. The van der Waals surface area contributed by atoms with Gasteiger partial charge in [-0.05, 0) is 24.5 Å². The van der Waals surface area contributed by atoms with Crippen LogP contribution in [0.2, 0.25) is 0 Å². The van der Waals surface area contributed by atoms with Crippen LogP contribution >= 0.6 is 0 Å². The second-order valence-electron chi connectivity index (χ2n) is 6.93. The molecular weight excluding hydrogens is 366 g/mol. The van der Waals surface area contributed by atoms with Crippen molar-refractivity contribution in [2.45, 2.75) is 39.4 Å². The minimum Gasteiger partial charge on any atom is -0.362 e. The highest BCUT2D eigenvalue weighted by Crippen LogP contribution is 2.34. The highest BCUT2D eigenvalue weighted by Gasteiger charge is 2.28. The maximum absolute atomic E-state index is 12.0. The number of anilines is 2. The van der Waals surface area contributed by atoms with Crippen LogP contribution in [0.1, 0.15) is 31.4 Å². The van der Waals surface area contributed by atoms with Crippen molar-refractivity contribution < 1.29 is 4.92 Å². The number of hydrogen-bond acceptors (Lipinski definition) is 6. The Morgan fingerprint density at radius 2 is 1.55 bits per heavy atom. The molecule has 2 aromatic carbocycles. The lowest BCUT2D eigenvalue weighted by Crippen LogP contribution is -2.25. The molecule has 0 fully saturated rings. The first-order chi connectivity index (χ1) is 14.1. The van der Waals surface area contributed by atoms with Crippen LogP contribution in [0.3, 0.4) is 0 Å². The Morgan fingerprint density at radius 3 is 2.03 bits per heavy atom. The van der Waals surface area contributed by atoms with Crippen molar-refractivity contribution in [3.63, 3.8) is 0 Å². The molecule has 1 N–H and O–H groups in total. The fourth-order valence-corrected chi connectivity index (χ4v) is 3.02. The highest BCUT2D eigenvalue weighted by molar-refractivity contribution is 5.70. The Bertz CT molecular complexity index is 893. The van der Waals surface area contributed by atoms with Crippen molar-refractivity contribution in [1.82, 2.24) is 9.97 Å². The molecule has 0 saturated carbocycles. The summed E-state index contributed by atoms with van der Waals surface area (Å²) >= 11 is 0. The summed E-state index contributed by atoms with van der Waals surface area (Å²) in [4.78, 5) is 22.0. The number of benzene rings is 2. The molecular formula is C22H25N5O2. The molecule has 7 heteroatoms. The molecule has 3 aromatic rings. The van der Waals surface area contributed by atoms with E-state index in [4.69, 9.17) is 0 Å². The van der Waals surface area contributed by atoms with Crippen molar-refractivity contribution in [2.24, 2.45) is 0 Å². The van der Waals surface area contributed by atoms with E-state index < -0.39 is 4.92 Å². The van der Waals surface area contributed by atoms with Crippen molar-refractivity contribution in [3.05, 3.63) is 88.2 Å². The van der Waals surface area contributed by atoms with Crippen LogP contribution in [-0.2, 0) is 13.1 Å². The van der Waals surface area contributed by atoms with E-state index in [1.807, 2.05) is 79.4 Å². The average molecular weight is 391 g/mol. The monoisotopic (exact) mass is 391 g/mol. The van der Waals surface area contributed by atoms with Gasteiger partial charge in [-0.15, -0.1) is 0 Å². The lowest BCUT2D eigenvalue weighted by molar-refractivity contribution is -0.383. The van der Waals surface area contributed by atoms with E-state index in [2.05, 4.69) is 15.3 Å². The van der Waals surface area contributed by atoms with Gasteiger partial charge < -0.3 is 10.2 Å². The zero-order valence-electron chi connectivity index (χ0n) is 16.7. The van der Waals surface area contributed by atoms with E-state index in [0.717, 1.165) is 17.5 Å². The van der Waals surface area contributed by atoms with E-state index in [1.165, 1.54) is 6.33 Å². The third kappa shape index (κ3) is 5.28. The van der Waals surface area contributed by atoms with Crippen LogP contribution in [0, 0.1) is 10.1 Å². The fraction of sp³-hybridized carbons (Fsp3) is 0.273. The maximum atomic E-state index is 12.0. The Hall–Kier alpha value is -3.48. The molecule has 0 bridgehead atoms. The summed E-state index contributed by atoms with van der Waals surface area (Å²) in [6.45, 7) is 4.98. The molecule has 3 rings (SSSR count). The van der Waals surface area contributed by atoms with E-state index in [9.17, 15) is 10.1 Å². The van der Waals surface area contributed by atoms with E-state index in [-0.39, 0.29) is 17.5 Å². The first-order valence-electron chi connectivity index (χ1n) is 9.67. The quantitative estimate of drug-likeness (QED) is 0.416. The van der Waals surface area contributed by atoms with Gasteiger partial charge in [-0.2, -0.15) is 0 Å². The molecule has 0 radical (unpaired) electrons. The van der Waals surface area contributed by atoms with Crippen molar-refractivity contribution >= 4 is 17.3 Å². The number of nitrogens with one attached hydrogen (secondary N) is 1. The molecule has 1 heterocycles. The Morgan fingerprint density at radius 1 is 1.00 bits per heavy atom. The van der Waals surface area contributed by atoms with E-state index in [0.29, 0.717) is 18.9 Å². The van der Waals surface area contributed by atoms with Crippen molar-refractivity contribution in [1.29, 1.82) is 0 Å². The van der Waals surface area contributed by atoms with Crippen molar-refractivity contribution in [3.8, 4) is 0 Å². The van der Waals surface area contributed by atoms with Crippen LogP contribution in [0.5, 0.6) is 0 Å². The molecule has 0 saturated heterocycles. The SMILES string of the molecule is CCC(C)Nc1ncnc(N(Cc2ccccc2)Cc2ccccc2)c1[N+](=O)[O-]. The molecule has 0 aliphatic heterocycles. The predicted octanol–water partition coefficient (Wildman–Crippen LogP) is 4.80. The van der Waals surface area contributed by atoms with Gasteiger partial charge in [0.05, 0.1) is 4.92 Å². The molecule has 0 amide bonds. The van der Waals surface area contributed by atoms with Gasteiger partial charge in [-0.3, -0.25) is 10.1 Å². The van der Waals surface area contributed by atoms with Gasteiger partial charge in [0.2, 0.25) is 11.6 Å². The first kappa shape index (κ1) is 20.3. The lowest BCUT2D eigenvalue weighted by atomic mass is 10.1. The molecule has 0 spiro atoms. The number of hydrogen-bond donors (Lipinski definition) is 1. The Labute approximate surface area is 170 Å². The van der Waals surface area contributed by atoms with Crippen LogP contribution in [0.15, 0.2) is 67.0 Å². The molecule has 0 aliphatic carbocycles. The molecule has 150 valence electrons. The minimum absolute atomic E-state index is 0.0631. The first-order valence-corrected chi connectivity index (χ1v) is 9.67. The Kier molecular flexibility index (Phi) is 6.73. The number of aromatic nitrogens is 2. The highest BCUT2D eigenvalue weighted by atomic mass is 16.6. The van der Waals surface area contributed by atoms with Crippen LogP contribution < -0.4 is 10.2 Å². The summed E-state index contributed by atoms with van der Waals surface area (Å²) < 4.78 is 0. The van der Waals surface area contributed by atoms with Gasteiger partial charge in [0.25, 0.3) is 0 Å². The summed E-state index contributed by atoms with van der Waals surface area (Å²) in [5, 5.41) is 15.1. The zero-order chi connectivity index (χ0) is 20.6. The van der Waals surface area contributed by atoms with Crippen LogP contribution in [-0.4, -0.2) is 20.9 Å². The largest absolute Gasteiger partial charge is 0.362 e. The zero-order valence-corrected chi connectivity index (χ0v) is 16.7. The standard InChI is InChI=1S/C22H25N5O2/c1-3-17(2)25-21-20(27(28)29)22(24-16-23-21)26(14-18-10-6-4-7-11-18)15-19-12-8-5-9-13-19/h4-13,16-17H,3,14-15H2,1-2H3,(H,23,24,25). The summed E-state index contributed by atoms with van der Waals surface area (Å²) in [6, 6.07) is 19.8. The molecule has 29 heavy (non-hydrogen) atoms. The third-order valence-corrected chi connectivity index (χ3v) is 4.71. The fourth-order valence-electron chi connectivity index (χ4n) is 3.02. The molecule has 1 aromatic heterocycles. The molecule has 0 aliphatic rings. The van der Waals surface area contributed by atoms with Gasteiger partial charge in [0, 0.05) is 19.1 Å². The third-order valence-electron chi connectivity index (χ3n) is 4.71. The summed E-state index contributed by atoms with van der Waals surface area (Å²) in [6.07, 6.45) is 2.21. The minimum atomic E-state index is -0.400. The van der Waals surface area contributed by atoms with Gasteiger partial charge in [-0.25, -0.2) is 9.97 Å². The molecule has 1 unspecified atom stereocenters.